The number of carbonyl (C=O) groups is 3. The van der Waals surface area contributed by atoms with Gasteiger partial charge in [0, 0.05) is 18.5 Å². The fourth-order valence-corrected chi connectivity index (χ4v) is 4.61. The van der Waals surface area contributed by atoms with Crippen molar-refractivity contribution < 1.29 is 19.3 Å². The van der Waals surface area contributed by atoms with E-state index in [0.717, 1.165) is 32.1 Å². The van der Waals surface area contributed by atoms with Crippen molar-refractivity contribution in [1.29, 1.82) is 0 Å². The van der Waals surface area contributed by atoms with Gasteiger partial charge in [-0.05, 0) is 24.8 Å². The third-order valence-electron chi connectivity index (χ3n) is 6.49. The maximum atomic E-state index is 12.5. The molecule has 0 aromatic heterocycles. The molecule has 6 nitrogen and oxygen atoms in total. The smallest absolute Gasteiger partial charge is 0.233 e. The van der Waals surface area contributed by atoms with Crippen LogP contribution in [0.1, 0.15) is 56.2 Å². The number of quaternary nitrogens is 1. The molecule has 2 fully saturated rings. The molecule has 1 aromatic carbocycles. The van der Waals surface area contributed by atoms with E-state index in [4.69, 9.17) is 0 Å². The van der Waals surface area contributed by atoms with Crippen LogP contribution in [-0.4, -0.2) is 49.8 Å². The van der Waals surface area contributed by atoms with Crippen molar-refractivity contribution in [1.82, 2.24) is 10.2 Å². The number of likely N-dealkylation sites (N-methyl/N-ethyl adjacent to an activating group) is 1. The quantitative estimate of drug-likeness (QED) is 0.643. The Morgan fingerprint density at radius 2 is 1.69 bits per heavy atom. The molecule has 3 rings (SSSR count). The molecule has 1 saturated carbocycles. The normalized spacial score (nSPS) is 22.7. The second kappa shape index (κ2) is 9.53. The Bertz CT molecular complexity index is 720. The van der Waals surface area contributed by atoms with Gasteiger partial charge in [0.25, 0.3) is 0 Å². The number of hydrogen-bond acceptors (Lipinski definition) is 3. The van der Waals surface area contributed by atoms with Crippen molar-refractivity contribution in [3.63, 3.8) is 0 Å². The predicted molar refractivity (Wildman–Crippen MR) is 111 cm³/mol. The molecule has 3 amide bonds. The topological polar surface area (TPSA) is 70.9 Å². The van der Waals surface area contributed by atoms with E-state index < -0.39 is 0 Å². The summed E-state index contributed by atoms with van der Waals surface area (Å²) in [5.74, 6) is -0.547. The van der Waals surface area contributed by atoms with E-state index in [2.05, 4.69) is 50.6 Å². The third kappa shape index (κ3) is 4.86. The van der Waals surface area contributed by atoms with E-state index in [0.29, 0.717) is 6.54 Å². The minimum atomic E-state index is -0.146. The van der Waals surface area contributed by atoms with Crippen molar-refractivity contribution in [2.75, 3.05) is 27.2 Å². The van der Waals surface area contributed by atoms with Gasteiger partial charge in [0.2, 0.25) is 17.7 Å². The molecule has 6 heteroatoms. The van der Waals surface area contributed by atoms with Crippen LogP contribution < -0.4 is 10.2 Å². The summed E-state index contributed by atoms with van der Waals surface area (Å²) < 4.78 is 0. The molecule has 158 valence electrons. The molecule has 1 saturated heterocycles. The largest absolute Gasteiger partial charge is 0.350 e. The minimum absolute atomic E-state index is 0.0703. The number of fused-ring (bicyclic) bond motifs is 1. The monoisotopic (exact) mass is 400 g/mol. The zero-order valence-electron chi connectivity index (χ0n) is 17.9. The number of carbonyl (C=O) groups excluding carboxylic acids is 3. The summed E-state index contributed by atoms with van der Waals surface area (Å²) in [6.45, 7) is 2.86. The van der Waals surface area contributed by atoms with Crippen molar-refractivity contribution in [2.24, 2.45) is 11.8 Å². The van der Waals surface area contributed by atoms with Crippen LogP contribution in [0.5, 0.6) is 0 Å². The maximum Gasteiger partial charge on any atom is 0.233 e. The van der Waals surface area contributed by atoms with Gasteiger partial charge in [-0.1, -0.05) is 44.0 Å². The van der Waals surface area contributed by atoms with E-state index in [9.17, 15) is 14.4 Å². The zero-order chi connectivity index (χ0) is 21.0. The molecule has 0 spiro atoms. The fourth-order valence-electron chi connectivity index (χ4n) is 4.61. The van der Waals surface area contributed by atoms with E-state index in [1.165, 1.54) is 20.9 Å². The fraction of sp³-hybridized carbons (Fsp3) is 0.609. The van der Waals surface area contributed by atoms with Gasteiger partial charge in [-0.15, -0.1) is 0 Å². The molecule has 0 bridgehead atoms. The van der Waals surface area contributed by atoms with Crippen LogP contribution >= 0.6 is 0 Å². The number of benzene rings is 1. The van der Waals surface area contributed by atoms with E-state index in [1.54, 1.807) is 0 Å². The molecule has 3 atom stereocenters. The lowest BCUT2D eigenvalue weighted by Gasteiger charge is -2.23. The minimum Gasteiger partial charge on any atom is -0.350 e. The first-order chi connectivity index (χ1) is 13.9. The first-order valence-corrected chi connectivity index (χ1v) is 10.9. The summed E-state index contributed by atoms with van der Waals surface area (Å²) in [7, 11) is 4.15. The molecule has 1 aliphatic heterocycles. The summed E-state index contributed by atoms with van der Waals surface area (Å²) in [6, 6.07) is 8.69. The Morgan fingerprint density at radius 1 is 1.10 bits per heavy atom. The lowest BCUT2D eigenvalue weighted by molar-refractivity contribution is -0.890. The van der Waals surface area contributed by atoms with Crippen molar-refractivity contribution in [3.8, 4) is 0 Å². The standard InChI is InChI=1S/C23H33N3O3/c1-4-16-9-11-17(12-10-16)20(25(2)3)15-24-21(27)13-14-26-22(28)18-7-5-6-8-19(18)23(26)29/h9-12,18-20H,4-8,13-15H2,1-3H3,(H,24,27)/p+1/t18-,19+,20-/m0/s1. The van der Waals surface area contributed by atoms with E-state index in [1.807, 2.05) is 0 Å². The SMILES string of the molecule is CCc1ccc([C@H](CNC(=O)CCN2C(=O)[C@H]3CCCC[C@H]3C2=O)[NH+](C)C)cc1. The number of likely N-dealkylation sites (tertiary alicyclic amines) is 1. The Morgan fingerprint density at radius 3 is 2.21 bits per heavy atom. The number of aryl methyl sites for hydroxylation is 1. The molecule has 2 aliphatic rings. The Kier molecular flexibility index (Phi) is 7.06. The molecule has 2 N–H and O–H groups in total. The highest BCUT2D eigenvalue weighted by Crippen LogP contribution is 2.37. The van der Waals surface area contributed by atoms with Gasteiger partial charge >= 0.3 is 0 Å². The van der Waals surface area contributed by atoms with Crippen LogP contribution in [-0.2, 0) is 20.8 Å². The average molecular weight is 401 g/mol. The van der Waals surface area contributed by atoms with Crippen LogP contribution in [0.4, 0.5) is 0 Å². The molecule has 0 radical (unpaired) electrons. The third-order valence-corrected chi connectivity index (χ3v) is 6.49. The molecular weight excluding hydrogens is 366 g/mol. The Hall–Kier alpha value is -2.21. The first kappa shape index (κ1) is 21.5. The van der Waals surface area contributed by atoms with Crippen LogP contribution in [0, 0.1) is 11.8 Å². The van der Waals surface area contributed by atoms with Gasteiger partial charge in [-0.2, -0.15) is 0 Å². The van der Waals surface area contributed by atoms with Gasteiger partial charge in [-0.3, -0.25) is 19.3 Å². The summed E-state index contributed by atoms with van der Waals surface area (Å²) >= 11 is 0. The Balaban J connectivity index is 1.51. The van der Waals surface area contributed by atoms with Crippen molar-refractivity contribution in [2.45, 2.75) is 51.5 Å². The molecule has 0 unspecified atom stereocenters. The first-order valence-electron chi connectivity index (χ1n) is 10.9. The molecule has 1 aromatic rings. The molecule has 1 heterocycles. The summed E-state index contributed by atoms with van der Waals surface area (Å²) in [6.07, 6.45) is 4.82. The van der Waals surface area contributed by atoms with E-state index in [-0.39, 0.29) is 48.6 Å². The lowest BCUT2D eigenvalue weighted by Crippen LogP contribution is -3.07. The summed E-state index contributed by atoms with van der Waals surface area (Å²) in [4.78, 5) is 40.0. The van der Waals surface area contributed by atoms with E-state index >= 15 is 0 Å². The van der Waals surface area contributed by atoms with Crippen LogP contribution in [0.3, 0.4) is 0 Å². The van der Waals surface area contributed by atoms with Gasteiger partial charge in [0.15, 0.2) is 0 Å². The van der Waals surface area contributed by atoms with Crippen molar-refractivity contribution in [3.05, 3.63) is 35.4 Å². The Labute approximate surface area is 173 Å². The summed E-state index contributed by atoms with van der Waals surface area (Å²) in [5.41, 5.74) is 2.49. The number of nitrogens with one attached hydrogen (secondary N) is 2. The summed E-state index contributed by atoms with van der Waals surface area (Å²) in [5, 5.41) is 3.00. The predicted octanol–water partition coefficient (Wildman–Crippen LogP) is 1.12. The highest BCUT2D eigenvalue weighted by Gasteiger charge is 2.47. The number of amides is 3. The van der Waals surface area contributed by atoms with Gasteiger partial charge < -0.3 is 10.2 Å². The lowest BCUT2D eigenvalue weighted by atomic mass is 9.81. The number of rotatable bonds is 8. The highest BCUT2D eigenvalue weighted by molar-refractivity contribution is 6.05. The van der Waals surface area contributed by atoms with Gasteiger partial charge in [-0.25, -0.2) is 0 Å². The second-order valence-electron chi connectivity index (χ2n) is 8.60. The molecule has 29 heavy (non-hydrogen) atoms. The van der Waals surface area contributed by atoms with Crippen molar-refractivity contribution >= 4 is 17.7 Å². The van der Waals surface area contributed by atoms with Crippen LogP contribution in [0.15, 0.2) is 24.3 Å². The number of imide groups is 1. The number of nitrogens with zero attached hydrogens (tertiary/aromatic N) is 1. The molecular formula is C23H34N3O3+. The van der Waals surface area contributed by atoms with Crippen LogP contribution in [0.2, 0.25) is 0 Å². The second-order valence-corrected chi connectivity index (χ2v) is 8.60. The number of hydrogen-bond donors (Lipinski definition) is 2. The highest BCUT2D eigenvalue weighted by atomic mass is 16.2. The van der Waals surface area contributed by atoms with Gasteiger partial charge in [0.1, 0.15) is 6.04 Å². The average Bonchev–Trinajstić information content (AvgIpc) is 2.97. The maximum absolute atomic E-state index is 12.5. The molecule has 1 aliphatic carbocycles. The van der Waals surface area contributed by atoms with Crippen LogP contribution in [0.25, 0.3) is 0 Å². The zero-order valence-corrected chi connectivity index (χ0v) is 17.9. The van der Waals surface area contributed by atoms with Gasteiger partial charge in [0.05, 0.1) is 32.5 Å².